The van der Waals surface area contributed by atoms with Crippen molar-refractivity contribution in [1.29, 1.82) is 0 Å². The minimum atomic E-state index is 0. The van der Waals surface area contributed by atoms with E-state index in [1.54, 1.807) is 6.26 Å². The third-order valence-electron chi connectivity index (χ3n) is 4.41. The molecule has 2 N–H and O–H groups in total. The Morgan fingerprint density at radius 1 is 1.22 bits per heavy atom. The predicted octanol–water partition coefficient (Wildman–Crippen LogP) is 2.30. The smallest absolute Gasteiger partial charge is 0.191 e. The maximum atomic E-state index is 5.35. The number of guanidine groups is 1. The number of nitrogens with one attached hydrogen (secondary N) is 2. The van der Waals surface area contributed by atoms with Crippen LogP contribution >= 0.6 is 24.0 Å². The van der Waals surface area contributed by atoms with Gasteiger partial charge in [-0.05, 0) is 43.8 Å². The maximum Gasteiger partial charge on any atom is 0.191 e. The number of rotatable bonds is 6. The van der Waals surface area contributed by atoms with Crippen LogP contribution in [-0.2, 0) is 13.1 Å². The van der Waals surface area contributed by atoms with E-state index in [2.05, 4.69) is 50.4 Å². The molecule has 7 nitrogen and oxygen atoms in total. The van der Waals surface area contributed by atoms with Crippen LogP contribution in [0.4, 0.5) is 5.82 Å². The fraction of sp³-hybridized carbons (Fsp3) is 0.474. The molecule has 0 unspecified atom stereocenters. The van der Waals surface area contributed by atoms with Gasteiger partial charge in [0.05, 0.1) is 19.4 Å². The third-order valence-corrected chi connectivity index (χ3v) is 4.41. The topological polar surface area (TPSA) is 68.9 Å². The zero-order chi connectivity index (χ0) is 18.2. The number of anilines is 1. The standard InChI is InChI=1S/C19H28N6O.HI/c1-3-20-19(23-15-17-5-4-12-26-17)22-14-16-6-7-21-18(13-16)25-10-8-24(2)9-11-25;/h4-7,12-13H,3,8-11,14-15H2,1-2H3,(H2,20,22,23);1H. The molecule has 1 fully saturated rings. The molecule has 0 amide bonds. The molecule has 0 bridgehead atoms. The van der Waals surface area contributed by atoms with Crippen LogP contribution in [0.25, 0.3) is 0 Å². The summed E-state index contributed by atoms with van der Waals surface area (Å²) >= 11 is 0. The van der Waals surface area contributed by atoms with Crippen molar-refractivity contribution in [3.8, 4) is 0 Å². The molecule has 0 spiro atoms. The zero-order valence-corrected chi connectivity index (χ0v) is 18.3. The molecule has 0 aliphatic carbocycles. The van der Waals surface area contributed by atoms with E-state index in [4.69, 9.17) is 4.42 Å². The number of piperazine rings is 1. The summed E-state index contributed by atoms with van der Waals surface area (Å²) in [7, 11) is 2.16. The Balaban J connectivity index is 0.00000261. The summed E-state index contributed by atoms with van der Waals surface area (Å²) in [5.74, 6) is 2.71. The van der Waals surface area contributed by atoms with Crippen molar-refractivity contribution in [2.75, 3.05) is 44.7 Å². The number of halogens is 1. The fourth-order valence-corrected chi connectivity index (χ4v) is 2.86. The lowest BCUT2D eigenvalue weighted by Gasteiger charge is -2.33. The first-order valence-electron chi connectivity index (χ1n) is 9.17. The SMILES string of the molecule is CCNC(=NCc1ccnc(N2CCN(C)CC2)c1)NCc1ccco1.I. The summed E-state index contributed by atoms with van der Waals surface area (Å²) in [4.78, 5) is 13.9. The second-order valence-corrected chi connectivity index (χ2v) is 6.44. The lowest BCUT2D eigenvalue weighted by atomic mass is 10.2. The molecule has 3 rings (SSSR count). The number of aliphatic imine (C=N–C) groups is 1. The fourth-order valence-electron chi connectivity index (χ4n) is 2.86. The van der Waals surface area contributed by atoms with Crippen LogP contribution in [0, 0.1) is 0 Å². The van der Waals surface area contributed by atoms with Crippen LogP contribution in [-0.4, -0.2) is 55.6 Å². The number of hydrogen-bond acceptors (Lipinski definition) is 5. The number of nitrogens with zero attached hydrogens (tertiary/aromatic N) is 4. The van der Waals surface area contributed by atoms with Gasteiger partial charge in [0.2, 0.25) is 0 Å². The maximum absolute atomic E-state index is 5.35. The highest BCUT2D eigenvalue weighted by Crippen LogP contribution is 2.15. The number of pyridine rings is 1. The largest absolute Gasteiger partial charge is 0.467 e. The molecule has 2 aromatic rings. The Hall–Kier alpha value is -1.81. The van der Waals surface area contributed by atoms with Crippen molar-refractivity contribution in [2.45, 2.75) is 20.0 Å². The van der Waals surface area contributed by atoms with Crippen molar-refractivity contribution in [2.24, 2.45) is 4.99 Å². The van der Waals surface area contributed by atoms with Gasteiger partial charge in [0.1, 0.15) is 11.6 Å². The van der Waals surface area contributed by atoms with E-state index in [0.29, 0.717) is 13.1 Å². The van der Waals surface area contributed by atoms with Gasteiger partial charge in [0.25, 0.3) is 0 Å². The highest BCUT2D eigenvalue weighted by molar-refractivity contribution is 14.0. The summed E-state index contributed by atoms with van der Waals surface area (Å²) in [6, 6.07) is 8.00. The Bertz CT molecular complexity index is 698. The van der Waals surface area contributed by atoms with Gasteiger partial charge in [0, 0.05) is 38.9 Å². The average Bonchev–Trinajstić information content (AvgIpc) is 3.18. The third kappa shape index (κ3) is 6.69. The molecule has 27 heavy (non-hydrogen) atoms. The zero-order valence-electron chi connectivity index (χ0n) is 16.0. The monoisotopic (exact) mass is 484 g/mol. The molecular weight excluding hydrogens is 455 g/mol. The first-order valence-corrected chi connectivity index (χ1v) is 9.17. The van der Waals surface area contributed by atoms with Crippen LogP contribution in [0.2, 0.25) is 0 Å². The number of furan rings is 1. The van der Waals surface area contributed by atoms with E-state index in [1.807, 2.05) is 24.4 Å². The van der Waals surface area contributed by atoms with E-state index in [1.165, 1.54) is 0 Å². The Kier molecular flexibility index (Phi) is 8.86. The first-order chi connectivity index (χ1) is 12.7. The molecule has 0 saturated carbocycles. The Morgan fingerprint density at radius 2 is 2.04 bits per heavy atom. The van der Waals surface area contributed by atoms with Gasteiger partial charge in [-0.25, -0.2) is 9.98 Å². The summed E-state index contributed by atoms with van der Waals surface area (Å²) in [5, 5.41) is 6.55. The summed E-state index contributed by atoms with van der Waals surface area (Å²) in [6.45, 7) is 8.27. The molecule has 3 heterocycles. The first kappa shape index (κ1) is 21.5. The van der Waals surface area contributed by atoms with Crippen LogP contribution < -0.4 is 15.5 Å². The van der Waals surface area contributed by atoms with E-state index < -0.39 is 0 Å². The Labute approximate surface area is 178 Å². The highest BCUT2D eigenvalue weighted by atomic mass is 127. The molecule has 0 atom stereocenters. The molecule has 1 saturated heterocycles. The molecule has 2 aromatic heterocycles. The molecule has 148 valence electrons. The minimum absolute atomic E-state index is 0. The van der Waals surface area contributed by atoms with E-state index in [0.717, 1.165) is 55.8 Å². The van der Waals surface area contributed by atoms with E-state index >= 15 is 0 Å². The number of aromatic nitrogens is 1. The molecule has 0 aromatic carbocycles. The quantitative estimate of drug-likeness (QED) is 0.373. The summed E-state index contributed by atoms with van der Waals surface area (Å²) in [6.07, 6.45) is 3.56. The van der Waals surface area contributed by atoms with Gasteiger partial charge in [0.15, 0.2) is 5.96 Å². The Morgan fingerprint density at radius 3 is 2.74 bits per heavy atom. The molecular formula is C19H29IN6O. The molecule has 8 heteroatoms. The van der Waals surface area contributed by atoms with Gasteiger partial charge in [-0.15, -0.1) is 24.0 Å². The van der Waals surface area contributed by atoms with Gasteiger partial charge >= 0.3 is 0 Å². The second-order valence-electron chi connectivity index (χ2n) is 6.44. The average molecular weight is 484 g/mol. The van der Waals surface area contributed by atoms with Crippen molar-refractivity contribution >= 4 is 35.8 Å². The van der Waals surface area contributed by atoms with Gasteiger partial charge < -0.3 is 24.9 Å². The predicted molar refractivity (Wildman–Crippen MR) is 120 cm³/mol. The highest BCUT2D eigenvalue weighted by Gasteiger charge is 2.15. The summed E-state index contributed by atoms with van der Waals surface area (Å²) < 4.78 is 5.35. The van der Waals surface area contributed by atoms with Crippen LogP contribution in [0.1, 0.15) is 18.2 Å². The minimum Gasteiger partial charge on any atom is -0.467 e. The second kappa shape index (κ2) is 11.1. The van der Waals surface area contributed by atoms with Crippen LogP contribution in [0.5, 0.6) is 0 Å². The van der Waals surface area contributed by atoms with Crippen molar-refractivity contribution in [3.05, 3.63) is 48.0 Å². The number of hydrogen-bond donors (Lipinski definition) is 2. The molecule has 1 aliphatic heterocycles. The lowest BCUT2D eigenvalue weighted by molar-refractivity contribution is 0.312. The van der Waals surface area contributed by atoms with Crippen molar-refractivity contribution in [1.82, 2.24) is 20.5 Å². The molecule has 0 radical (unpaired) electrons. The normalized spacial score (nSPS) is 15.3. The van der Waals surface area contributed by atoms with Gasteiger partial charge in [-0.2, -0.15) is 0 Å². The lowest BCUT2D eigenvalue weighted by Crippen LogP contribution is -2.44. The van der Waals surface area contributed by atoms with Crippen molar-refractivity contribution in [3.63, 3.8) is 0 Å². The van der Waals surface area contributed by atoms with Crippen LogP contribution in [0.3, 0.4) is 0 Å². The van der Waals surface area contributed by atoms with Crippen molar-refractivity contribution < 1.29 is 4.42 Å². The van der Waals surface area contributed by atoms with E-state index in [9.17, 15) is 0 Å². The number of likely N-dealkylation sites (N-methyl/N-ethyl adjacent to an activating group) is 1. The van der Waals surface area contributed by atoms with Gasteiger partial charge in [-0.1, -0.05) is 0 Å². The summed E-state index contributed by atoms with van der Waals surface area (Å²) in [5.41, 5.74) is 1.16. The van der Waals surface area contributed by atoms with Crippen LogP contribution in [0.15, 0.2) is 46.1 Å². The molecule has 1 aliphatic rings. The van der Waals surface area contributed by atoms with E-state index in [-0.39, 0.29) is 24.0 Å². The van der Waals surface area contributed by atoms with Gasteiger partial charge in [-0.3, -0.25) is 0 Å².